The minimum Gasteiger partial charge on any atom is -0.207 e. The summed E-state index contributed by atoms with van der Waals surface area (Å²) in [4.78, 5) is 0.110. The van der Waals surface area contributed by atoms with E-state index >= 15 is 0 Å². The molecule has 1 heterocycles. The number of aromatic nitrogens is 2. The topological polar surface area (TPSA) is 72.0 Å². The fourth-order valence-corrected chi connectivity index (χ4v) is 4.01. The lowest BCUT2D eigenvalue weighted by Gasteiger charge is -2.08. The highest BCUT2D eigenvalue weighted by Gasteiger charge is 2.19. The van der Waals surface area contributed by atoms with Gasteiger partial charge < -0.3 is 0 Å². The van der Waals surface area contributed by atoms with Crippen molar-refractivity contribution in [2.75, 3.05) is 0 Å². The van der Waals surface area contributed by atoms with Crippen LogP contribution in [0, 0.1) is 0 Å². The highest BCUT2D eigenvalue weighted by atomic mass is 35.5. The Morgan fingerprint density at radius 2 is 1.91 bits per heavy atom. The van der Waals surface area contributed by atoms with Crippen LogP contribution in [-0.4, -0.2) is 17.2 Å². The van der Waals surface area contributed by atoms with Crippen LogP contribution in [0.25, 0.3) is 11.0 Å². The van der Waals surface area contributed by atoms with Gasteiger partial charge in [-0.25, -0.2) is 13.1 Å². The van der Waals surface area contributed by atoms with Gasteiger partial charge >= 0.3 is 0 Å². The van der Waals surface area contributed by atoms with E-state index in [9.17, 15) is 8.42 Å². The summed E-state index contributed by atoms with van der Waals surface area (Å²) >= 11 is 12.7. The third-order valence-electron chi connectivity index (χ3n) is 2.99. The van der Waals surface area contributed by atoms with Crippen LogP contribution in [0.2, 0.25) is 10.0 Å². The molecule has 0 saturated heterocycles. The molecule has 5 nitrogen and oxygen atoms in total. The van der Waals surface area contributed by atoms with Crippen LogP contribution < -0.4 is 4.72 Å². The Bertz CT molecular complexity index is 941. The Balaban J connectivity index is 1.87. The number of nitrogens with one attached hydrogen (secondary N) is 1. The van der Waals surface area contributed by atoms with Crippen molar-refractivity contribution < 1.29 is 8.42 Å². The normalized spacial score (nSPS) is 11.9. The molecule has 9 heteroatoms. The molecule has 3 rings (SSSR count). The maximum atomic E-state index is 12.4. The quantitative estimate of drug-likeness (QED) is 0.759. The Kier molecular flexibility index (Phi) is 4.33. The van der Waals surface area contributed by atoms with Crippen LogP contribution in [0.15, 0.2) is 41.3 Å². The molecule has 22 heavy (non-hydrogen) atoms. The number of hydrogen-bond donors (Lipinski definition) is 1. The number of sulfonamides is 1. The first-order valence-corrected chi connectivity index (χ1v) is 9.09. The summed E-state index contributed by atoms with van der Waals surface area (Å²) in [7, 11) is -3.70. The SMILES string of the molecule is O=S(=O)(NCc1ccc(Cl)c(Cl)c1)c1cccc2nsnc12. The molecule has 1 aromatic heterocycles. The summed E-state index contributed by atoms with van der Waals surface area (Å²) in [5, 5.41) is 0.802. The van der Waals surface area contributed by atoms with E-state index in [1.807, 2.05) is 0 Å². The molecule has 0 atom stereocenters. The van der Waals surface area contributed by atoms with E-state index in [-0.39, 0.29) is 11.4 Å². The smallest absolute Gasteiger partial charge is 0.207 e. The minimum atomic E-state index is -3.70. The van der Waals surface area contributed by atoms with Crippen molar-refractivity contribution in [1.82, 2.24) is 13.5 Å². The molecule has 0 amide bonds. The molecule has 0 fully saturated rings. The van der Waals surface area contributed by atoms with E-state index in [0.717, 1.165) is 11.7 Å². The zero-order chi connectivity index (χ0) is 15.7. The molecule has 3 aromatic rings. The second-order valence-corrected chi connectivity index (χ2v) is 7.54. The Morgan fingerprint density at radius 3 is 2.68 bits per heavy atom. The standard InChI is InChI=1S/C13H9Cl2N3O2S2/c14-9-5-4-8(6-10(9)15)7-16-22(19,20)12-3-1-2-11-13(12)18-21-17-11/h1-6,16H,7H2. The highest BCUT2D eigenvalue weighted by molar-refractivity contribution is 7.89. The minimum absolute atomic E-state index is 0.104. The van der Waals surface area contributed by atoms with E-state index in [1.165, 1.54) is 6.07 Å². The van der Waals surface area contributed by atoms with Crippen molar-refractivity contribution in [2.45, 2.75) is 11.4 Å². The second-order valence-electron chi connectivity index (χ2n) is 4.46. The lowest BCUT2D eigenvalue weighted by Crippen LogP contribution is -2.23. The van der Waals surface area contributed by atoms with Crippen molar-refractivity contribution in [2.24, 2.45) is 0 Å². The number of halogens is 2. The number of fused-ring (bicyclic) bond motifs is 1. The molecule has 0 radical (unpaired) electrons. The fraction of sp³-hybridized carbons (Fsp3) is 0.0769. The molecule has 0 aliphatic heterocycles. The maximum absolute atomic E-state index is 12.4. The van der Waals surface area contributed by atoms with Crippen molar-refractivity contribution >= 4 is 56.0 Å². The molecular formula is C13H9Cl2N3O2S2. The van der Waals surface area contributed by atoms with Gasteiger partial charge in [0.25, 0.3) is 0 Å². The molecule has 0 aliphatic carbocycles. The average molecular weight is 374 g/mol. The Hall–Kier alpha value is -1.25. The van der Waals surface area contributed by atoms with E-state index in [0.29, 0.717) is 26.6 Å². The lowest BCUT2D eigenvalue weighted by molar-refractivity contribution is 0.582. The van der Waals surface area contributed by atoms with E-state index in [4.69, 9.17) is 23.2 Å². The molecule has 0 spiro atoms. The van der Waals surface area contributed by atoms with Crippen LogP contribution in [0.3, 0.4) is 0 Å². The zero-order valence-electron chi connectivity index (χ0n) is 11.0. The van der Waals surface area contributed by atoms with Gasteiger partial charge in [-0.05, 0) is 29.8 Å². The van der Waals surface area contributed by atoms with E-state index in [2.05, 4.69) is 13.5 Å². The van der Waals surface area contributed by atoms with Gasteiger partial charge in [-0.15, -0.1) is 0 Å². The third kappa shape index (κ3) is 3.09. The lowest BCUT2D eigenvalue weighted by atomic mass is 10.2. The first-order valence-electron chi connectivity index (χ1n) is 6.12. The van der Waals surface area contributed by atoms with Crippen LogP contribution in [-0.2, 0) is 16.6 Å². The number of nitrogens with zero attached hydrogens (tertiary/aromatic N) is 2. The number of rotatable bonds is 4. The van der Waals surface area contributed by atoms with Crippen molar-refractivity contribution in [3.63, 3.8) is 0 Å². The molecule has 0 aliphatic rings. The van der Waals surface area contributed by atoms with Crippen LogP contribution >= 0.6 is 34.9 Å². The van der Waals surface area contributed by atoms with Gasteiger partial charge in [0.2, 0.25) is 10.0 Å². The summed E-state index contributed by atoms with van der Waals surface area (Å²) in [6.45, 7) is 0.104. The molecule has 2 aromatic carbocycles. The second kappa shape index (κ2) is 6.10. The molecular weight excluding hydrogens is 365 g/mol. The Morgan fingerprint density at radius 1 is 1.09 bits per heavy atom. The van der Waals surface area contributed by atoms with Gasteiger partial charge in [0.1, 0.15) is 15.9 Å². The predicted octanol–water partition coefficient (Wildman–Crippen LogP) is 3.48. The van der Waals surface area contributed by atoms with Gasteiger partial charge in [-0.3, -0.25) is 0 Å². The summed E-state index contributed by atoms with van der Waals surface area (Å²) < 4.78 is 35.5. The molecule has 0 bridgehead atoms. The summed E-state index contributed by atoms with van der Waals surface area (Å²) in [5.74, 6) is 0. The van der Waals surface area contributed by atoms with Crippen LogP contribution in [0.1, 0.15) is 5.56 Å². The van der Waals surface area contributed by atoms with Crippen LogP contribution in [0.4, 0.5) is 0 Å². The summed E-state index contributed by atoms with van der Waals surface area (Å²) in [5.41, 5.74) is 1.64. The number of hydrogen-bond acceptors (Lipinski definition) is 5. The first kappa shape index (κ1) is 15.6. The van der Waals surface area contributed by atoms with Crippen LogP contribution in [0.5, 0.6) is 0 Å². The monoisotopic (exact) mass is 373 g/mol. The number of benzene rings is 2. The molecule has 1 N–H and O–H groups in total. The molecule has 0 saturated carbocycles. The van der Waals surface area contributed by atoms with Gasteiger partial charge in [0.15, 0.2) is 0 Å². The maximum Gasteiger partial charge on any atom is 0.243 e. The van der Waals surface area contributed by atoms with Gasteiger partial charge in [-0.2, -0.15) is 8.75 Å². The fourth-order valence-electron chi connectivity index (χ4n) is 1.90. The van der Waals surface area contributed by atoms with Gasteiger partial charge in [0.05, 0.1) is 21.8 Å². The Labute approximate surface area is 141 Å². The molecule has 114 valence electrons. The predicted molar refractivity (Wildman–Crippen MR) is 87.9 cm³/mol. The van der Waals surface area contributed by atoms with E-state index < -0.39 is 10.0 Å². The molecule has 0 unspecified atom stereocenters. The highest BCUT2D eigenvalue weighted by Crippen LogP contribution is 2.24. The third-order valence-corrected chi connectivity index (χ3v) is 5.70. The first-order chi connectivity index (χ1) is 10.5. The van der Waals surface area contributed by atoms with Crippen molar-refractivity contribution in [3.8, 4) is 0 Å². The van der Waals surface area contributed by atoms with Crippen molar-refractivity contribution in [3.05, 3.63) is 52.0 Å². The average Bonchev–Trinajstić information content (AvgIpc) is 2.97. The zero-order valence-corrected chi connectivity index (χ0v) is 14.1. The van der Waals surface area contributed by atoms with Gasteiger partial charge in [-0.1, -0.05) is 35.3 Å². The summed E-state index contributed by atoms with van der Waals surface area (Å²) in [6.07, 6.45) is 0. The summed E-state index contributed by atoms with van der Waals surface area (Å²) in [6, 6.07) is 9.81. The van der Waals surface area contributed by atoms with Crippen molar-refractivity contribution in [1.29, 1.82) is 0 Å². The van der Waals surface area contributed by atoms with E-state index in [1.54, 1.807) is 30.3 Å². The van der Waals surface area contributed by atoms with Gasteiger partial charge in [0, 0.05) is 6.54 Å². The largest absolute Gasteiger partial charge is 0.243 e.